The van der Waals surface area contributed by atoms with Crippen molar-refractivity contribution in [2.75, 3.05) is 33.9 Å². The molecule has 116 valence electrons. The van der Waals surface area contributed by atoms with Crippen LogP contribution in [0.4, 0.5) is 4.39 Å². The molecule has 21 heavy (non-hydrogen) atoms. The Bertz CT molecular complexity index is 483. The van der Waals surface area contributed by atoms with Crippen molar-refractivity contribution >= 4 is 21.9 Å². The molecule has 0 aliphatic carbocycles. The van der Waals surface area contributed by atoms with Gasteiger partial charge in [-0.25, -0.2) is 4.39 Å². The predicted octanol–water partition coefficient (Wildman–Crippen LogP) is 2.63. The standard InChI is InChI=1S/C15H21BrFN3O/c1-18-15(20(2)9-11-3-4-21-10-11)19-8-12-5-13(16)7-14(17)6-12/h5-7,11H,3-4,8-10H2,1-2H3,(H,18,19). The van der Waals surface area contributed by atoms with E-state index in [1.165, 1.54) is 12.1 Å². The molecule has 1 aliphatic rings. The Kier molecular flexibility index (Phi) is 5.99. The topological polar surface area (TPSA) is 36.9 Å². The second-order valence-corrected chi connectivity index (χ2v) is 6.20. The van der Waals surface area contributed by atoms with Gasteiger partial charge in [0.25, 0.3) is 0 Å². The molecule has 0 saturated carbocycles. The van der Waals surface area contributed by atoms with Crippen LogP contribution in [0.3, 0.4) is 0 Å². The third kappa shape index (κ3) is 4.97. The fraction of sp³-hybridized carbons (Fsp3) is 0.533. The Hall–Kier alpha value is -1.14. The van der Waals surface area contributed by atoms with Crippen molar-refractivity contribution < 1.29 is 9.13 Å². The normalized spacial score (nSPS) is 18.9. The van der Waals surface area contributed by atoms with E-state index in [2.05, 4.69) is 31.1 Å². The molecule has 1 unspecified atom stereocenters. The maximum Gasteiger partial charge on any atom is 0.193 e. The maximum absolute atomic E-state index is 13.4. The molecule has 1 N–H and O–H groups in total. The van der Waals surface area contributed by atoms with Crippen LogP contribution in [0.1, 0.15) is 12.0 Å². The highest BCUT2D eigenvalue weighted by Crippen LogP contribution is 2.15. The van der Waals surface area contributed by atoms with E-state index in [4.69, 9.17) is 4.74 Å². The minimum atomic E-state index is -0.243. The van der Waals surface area contributed by atoms with Gasteiger partial charge in [0.2, 0.25) is 0 Å². The van der Waals surface area contributed by atoms with Gasteiger partial charge in [-0.3, -0.25) is 4.99 Å². The minimum absolute atomic E-state index is 0.243. The summed E-state index contributed by atoms with van der Waals surface area (Å²) in [6.45, 7) is 3.11. The third-order valence-electron chi connectivity index (χ3n) is 3.50. The van der Waals surface area contributed by atoms with Crippen LogP contribution in [-0.2, 0) is 11.3 Å². The average molecular weight is 358 g/mol. The van der Waals surface area contributed by atoms with Crippen LogP contribution in [-0.4, -0.2) is 44.7 Å². The SMILES string of the molecule is CN=C(NCc1cc(F)cc(Br)c1)N(C)CC1CCOC1. The van der Waals surface area contributed by atoms with Crippen molar-refractivity contribution in [2.45, 2.75) is 13.0 Å². The van der Waals surface area contributed by atoms with Crippen LogP contribution in [0.15, 0.2) is 27.7 Å². The molecule has 0 radical (unpaired) electrons. The van der Waals surface area contributed by atoms with Gasteiger partial charge in [-0.1, -0.05) is 15.9 Å². The molecular formula is C15H21BrFN3O. The smallest absolute Gasteiger partial charge is 0.193 e. The monoisotopic (exact) mass is 357 g/mol. The van der Waals surface area contributed by atoms with Crippen molar-refractivity contribution in [3.63, 3.8) is 0 Å². The molecule has 2 rings (SSSR count). The summed E-state index contributed by atoms with van der Waals surface area (Å²) >= 11 is 3.30. The fourth-order valence-corrected chi connectivity index (χ4v) is 2.99. The molecule has 0 amide bonds. The minimum Gasteiger partial charge on any atom is -0.381 e. The highest BCUT2D eigenvalue weighted by atomic mass is 79.9. The van der Waals surface area contributed by atoms with Crippen molar-refractivity contribution in [1.82, 2.24) is 10.2 Å². The molecule has 1 saturated heterocycles. The number of ether oxygens (including phenoxy) is 1. The lowest BCUT2D eigenvalue weighted by molar-refractivity contribution is 0.181. The second-order valence-electron chi connectivity index (χ2n) is 5.29. The summed E-state index contributed by atoms with van der Waals surface area (Å²) in [5.41, 5.74) is 0.876. The lowest BCUT2D eigenvalue weighted by Gasteiger charge is -2.24. The highest BCUT2D eigenvalue weighted by molar-refractivity contribution is 9.10. The Morgan fingerprint density at radius 3 is 2.95 bits per heavy atom. The number of rotatable bonds is 4. The zero-order chi connectivity index (χ0) is 15.2. The summed E-state index contributed by atoms with van der Waals surface area (Å²) in [5, 5.41) is 3.26. The fourth-order valence-electron chi connectivity index (χ4n) is 2.48. The molecule has 1 aromatic carbocycles. The summed E-state index contributed by atoms with van der Waals surface area (Å²) in [5.74, 6) is 1.12. The largest absolute Gasteiger partial charge is 0.381 e. The summed E-state index contributed by atoms with van der Waals surface area (Å²) in [6.07, 6.45) is 1.10. The van der Waals surface area contributed by atoms with Crippen molar-refractivity contribution in [3.8, 4) is 0 Å². The lowest BCUT2D eigenvalue weighted by atomic mass is 10.1. The number of nitrogens with one attached hydrogen (secondary N) is 1. The number of nitrogens with zero attached hydrogens (tertiary/aromatic N) is 2. The average Bonchev–Trinajstić information content (AvgIpc) is 2.91. The number of hydrogen-bond donors (Lipinski definition) is 1. The van der Waals surface area contributed by atoms with Gasteiger partial charge in [-0.05, 0) is 30.2 Å². The third-order valence-corrected chi connectivity index (χ3v) is 3.96. The van der Waals surface area contributed by atoms with Crippen molar-refractivity contribution in [2.24, 2.45) is 10.9 Å². The molecule has 1 aromatic rings. The van der Waals surface area contributed by atoms with Gasteiger partial charge in [0.15, 0.2) is 5.96 Å². The zero-order valence-electron chi connectivity index (χ0n) is 12.4. The lowest BCUT2D eigenvalue weighted by Crippen LogP contribution is -2.41. The Balaban J connectivity index is 1.89. The van der Waals surface area contributed by atoms with Crippen LogP contribution >= 0.6 is 15.9 Å². The first-order valence-corrected chi connectivity index (χ1v) is 7.82. The molecular weight excluding hydrogens is 337 g/mol. The Labute approximate surface area is 133 Å². The molecule has 0 spiro atoms. The van der Waals surface area contributed by atoms with Crippen molar-refractivity contribution in [3.05, 3.63) is 34.1 Å². The van der Waals surface area contributed by atoms with E-state index < -0.39 is 0 Å². The van der Waals surface area contributed by atoms with E-state index in [9.17, 15) is 4.39 Å². The van der Waals surface area contributed by atoms with Crippen LogP contribution < -0.4 is 5.32 Å². The van der Waals surface area contributed by atoms with E-state index in [0.29, 0.717) is 12.5 Å². The van der Waals surface area contributed by atoms with E-state index in [1.54, 1.807) is 7.05 Å². The maximum atomic E-state index is 13.4. The van der Waals surface area contributed by atoms with Gasteiger partial charge in [-0.2, -0.15) is 0 Å². The highest BCUT2D eigenvalue weighted by Gasteiger charge is 2.19. The first-order chi connectivity index (χ1) is 10.1. The van der Waals surface area contributed by atoms with Gasteiger partial charge >= 0.3 is 0 Å². The Morgan fingerprint density at radius 2 is 2.33 bits per heavy atom. The zero-order valence-corrected chi connectivity index (χ0v) is 14.0. The Morgan fingerprint density at radius 1 is 1.52 bits per heavy atom. The number of guanidine groups is 1. The van der Waals surface area contributed by atoms with Gasteiger partial charge in [0.1, 0.15) is 5.82 Å². The predicted molar refractivity (Wildman–Crippen MR) is 85.9 cm³/mol. The molecule has 0 bridgehead atoms. The van der Waals surface area contributed by atoms with Crippen LogP contribution in [0.5, 0.6) is 0 Å². The van der Waals surface area contributed by atoms with Crippen molar-refractivity contribution in [1.29, 1.82) is 0 Å². The number of halogens is 2. The van der Waals surface area contributed by atoms with Gasteiger partial charge in [-0.15, -0.1) is 0 Å². The molecule has 1 aliphatic heterocycles. The summed E-state index contributed by atoms with van der Waals surface area (Å²) in [7, 11) is 3.76. The molecule has 1 fully saturated rings. The molecule has 4 nitrogen and oxygen atoms in total. The summed E-state index contributed by atoms with van der Waals surface area (Å²) in [6, 6.07) is 4.87. The van der Waals surface area contributed by atoms with E-state index in [-0.39, 0.29) is 5.82 Å². The van der Waals surface area contributed by atoms with Gasteiger partial charge in [0, 0.05) is 44.2 Å². The first-order valence-electron chi connectivity index (χ1n) is 7.03. The summed E-state index contributed by atoms with van der Waals surface area (Å²) in [4.78, 5) is 6.37. The van der Waals surface area contributed by atoms with Crippen LogP contribution in [0.2, 0.25) is 0 Å². The number of hydrogen-bond acceptors (Lipinski definition) is 2. The summed E-state index contributed by atoms with van der Waals surface area (Å²) < 4.78 is 19.5. The van der Waals surface area contributed by atoms with Crippen LogP contribution in [0.25, 0.3) is 0 Å². The number of aliphatic imine (C=N–C) groups is 1. The molecule has 6 heteroatoms. The van der Waals surface area contributed by atoms with Gasteiger partial charge in [0.05, 0.1) is 6.61 Å². The van der Waals surface area contributed by atoms with E-state index in [1.807, 2.05) is 13.1 Å². The first kappa shape index (κ1) is 16.2. The van der Waals surface area contributed by atoms with E-state index in [0.717, 1.165) is 42.2 Å². The molecule has 1 heterocycles. The van der Waals surface area contributed by atoms with Gasteiger partial charge < -0.3 is 15.0 Å². The molecule has 1 atom stereocenters. The molecule has 0 aromatic heterocycles. The number of benzene rings is 1. The van der Waals surface area contributed by atoms with E-state index >= 15 is 0 Å². The van der Waals surface area contributed by atoms with Crippen LogP contribution in [0, 0.1) is 11.7 Å². The quantitative estimate of drug-likeness (QED) is 0.664. The second kappa shape index (κ2) is 7.75.